The molecule has 18 nitrogen and oxygen atoms in total. The van der Waals surface area contributed by atoms with Gasteiger partial charge in [0.05, 0.1) is 18.8 Å². The molecule has 8 N–H and O–H groups in total. The second kappa shape index (κ2) is 9.43. The molecule has 0 bridgehead atoms. The van der Waals surface area contributed by atoms with Gasteiger partial charge >= 0.3 is 29.2 Å². The third-order valence-electron chi connectivity index (χ3n) is 3.64. The number of aromatic nitrogens is 2. The Kier molecular flexibility index (Phi) is 7.96. The van der Waals surface area contributed by atoms with Crippen LogP contribution < -0.4 is 11.2 Å². The van der Waals surface area contributed by atoms with Crippen molar-refractivity contribution in [2.24, 2.45) is 0 Å². The summed E-state index contributed by atoms with van der Waals surface area (Å²) in [6, 6.07) is 0. The summed E-state index contributed by atoms with van der Waals surface area (Å²) in [5.74, 6) is 0. The zero-order chi connectivity index (χ0) is 23.8. The third kappa shape index (κ3) is 6.95. The lowest BCUT2D eigenvalue weighted by Gasteiger charge is -2.19. The minimum atomic E-state index is -5.76. The van der Waals surface area contributed by atoms with Gasteiger partial charge in [-0.3, -0.25) is 18.9 Å². The Morgan fingerprint density at radius 3 is 2.19 bits per heavy atom. The van der Waals surface area contributed by atoms with Crippen molar-refractivity contribution >= 4 is 23.5 Å². The Bertz CT molecular complexity index is 1060. The van der Waals surface area contributed by atoms with Crippen molar-refractivity contribution in [1.29, 1.82) is 0 Å². The lowest BCUT2D eigenvalue weighted by atomic mass is 10.1. The number of nitrogens with one attached hydrogen (secondary N) is 1. The molecule has 4 unspecified atom stereocenters. The molecule has 2 heterocycles. The second-order valence-corrected chi connectivity index (χ2v) is 10.3. The Labute approximate surface area is 170 Å². The molecule has 0 aliphatic carbocycles. The maximum absolute atomic E-state index is 11.9. The maximum Gasteiger partial charge on any atom is 0.490 e. The maximum atomic E-state index is 11.9. The fourth-order valence-corrected chi connectivity index (χ4v) is 5.43. The van der Waals surface area contributed by atoms with Crippen LogP contribution in [0.5, 0.6) is 0 Å². The number of hydrogen-bond acceptors (Lipinski definition) is 12. The van der Waals surface area contributed by atoms with Gasteiger partial charge in [-0.1, -0.05) is 0 Å². The van der Waals surface area contributed by atoms with Gasteiger partial charge in [-0.2, -0.15) is 8.62 Å². The molecule has 21 heteroatoms. The fourth-order valence-electron chi connectivity index (χ4n) is 2.40. The molecular formula is C10H17N2O16P3. The molecule has 0 saturated carbocycles. The lowest BCUT2D eigenvalue weighted by Crippen LogP contribution is -2.39. The van der Waals surface area contributed by atoms with Gasteiger partial charge in [0.1, 0.15) is 18.3 Å². The summed E-state index contributed by atoms with van der Waals surface area (Å²) in [5, 5.41) is 29.2. The second-order valence-electron chi connectivity index (χ2n) is 5.91. The van der Waals surface area contributed by atoms with E-state index in [2.05, 4.69) is 13.1 Å². The average Bonchev–Trinajstić information content (AvgIpc) is 2.85. The van der Waals surface area contributed by atoms with Crippen molar-refractivity contribution in [2.75, 3.05) is 6.61 Å². The van der Waals surface area contributed by atoms with E-state index in [4.69, 9.17) is 24.5 Å². The quantitative estimate of drug-likeness (QED) is 0.152. The molecule has 0 amide bonds. The van der Waals surface area contributed by atoms with E-state index in [-0.39, 0.29) is 5.56 Å². The van der Waals surface area contributed by atoms with Crippen molar-refractivity contribution in [3.8, 4) is 0 Å². The molecule has 31 heavy (non-hydrogen) atoms. The average molecular weight is 514 g/mol. The fraction of sp³-hybridized carbons (Fsp3) is 0.600. The summed E-state index contributed by atoms with van der Waals surface area (Å²) < 4.78 is 50.6. The van der Waals surface area contributed by atoms with Gasteiger partial charge in [0.15, 0.2) is 6.23 Å². The van der Waals surface area contributed by atoms with Crippen LogP contribution in [0.2, 0.25) is 0 Å². The van der Waals surface area contributed by atoms with Gasteiger partial charge in [0.2, 0.25) is 0 Å². The predicted octanol–water partition coefficient (Wildman–Crippen LogP) is -3.01. The first kappa shape index (κ1) is 26.2. The van der Waals surface area contributed by atoms with Gasteiger partial charge in [-0.05, 0) is 0 Å². The van der Waals surface area contributed by atoms with Gasteiger partial charge in [0.25, 0.3) is 5.56 Å². The van der Waals surface area contributed by atoms with Crippen LogP contribution in [0.15, 0.2) is 15.8 Å². The molecule has 1 saturated heterocycles. The number of aliphatic hydroxyl groups is 3. The number of rotatable bonds is 9. The van der Waals surface area contributed by atoms with Crippen molar-refractivity contribution in [1.82, 2.24) is 9.55 Å². The Morgan fingerprint density at radius 1 is 1.03 bits per heavy atom. The smallest absolute Gasteiger partial charge is 0.391 e. The topological polar surface area (TPSA) is 285 Å². The number of aliphatic hydroxyl groups excluding tert-OH is 3. The third-order valence-corrected chi connectivity index (χ3v) is 7.44. The van der Waals surface area contributed by atoms with E-state index in [1.165, 1.54) is 0 Å². The van der Waals surface area contributed by atoms with Crippen LogP contribution >= 0.6 is 23.5 Å². The summed E-state index contributed by atoms with van der Waals surface area (Å²) >= 11 is 0. The van der Waals surface area contributed by atoms with E-state index in [1.54, 1.807) is 0 Å². The van der Waals surface area contributed by atoms with Crippen molar-refractivity contribution in [2.45, 2.75) is 31.1 Å². The number of H-pyrrole nitrogens is 1. The summed E-state index contributed by atoms with van der Waals surface area (Å²) in [6.07, 6.45) is -6.15. The molecule has 0 aromatic carbocycles. The Morgan fingerprint density at radius 2 is 1.65 bits per heavy atom. The van der Waals surface area contributed by atoms with Crippen LogP contribution in [0.1, 0.15) is 11.8 Å². The van der Waals surface area contributed by atoms with Gasteiger partial charge in [-0.25, -0.2) is 18.5 Å². The summed E-state index contributed by atoms with van der Waals surface area (Å²) in [7, 11) is -16.9. The minimum Gasteiger partial charge on any atom is -0.391 e. The highest BCUT2D eigenvalue weighted by molar-refractivity contribution is 7.66. The first-order chi connectivity index (χ1) is 14.1. The number of ether oxygens (including phenoxy) is 1. The molecule has 0 spiro atoms. The SMILES string of the molecule is O=c1[nH]c(=O)n([C@@H]2O[C@H](COP(=O)(O)OP(=O)(O)OP(=O)(O)O)C(O)C2O)cc1CO. The van der Waals surface area contributed by atoms with Gasteiger partial charge < -0.3 is 39.6 Å². The van der Waals surface area contributed by atoms with Crippen LogP contribution in [-0.4, -0.2) is 69.4 Å². The predicted molar refractivity (Wildman–Crippen MR) is 93.0 cm³/mol. The van der Waals surface area contributed by atoms with Crippen LogP contribution in [0.3, 0.4) is 0 Å². The van der Waals surface area contributed by atoms with E-state index in [1.807, 2.05) is 4.98 Å². The highest BCUT2D eigenvalue weighted by Crippen LogP contribution is 2.66. The highest BCUT2D eigenvalue weighted by atomic mass is 31.3. The van der Waals surface area contributed by atoms with E-state index < -0.39 is 72.5 Å². The largest absolute Gasteiger partial charge is 0.490 e. The normalized spacial score (nSPS) is 28.2. The number of phosphoric ester groups is 1. The minimum absolute atomic E-state index is 0.290. The van der Waals surface area contributed by atoms with E-state index in [0.717, 1.165) is 6.20 Å². The van der Waals surface area contributed by atoms with Gasteiger partial charge in [0, 0.05) is 6.20 Å². The summed E-state index contributed by atoms with van der Waals surface area (Å²) in [5.41, 5.74) is -2.30. The molecule has 6 atom stereocenters. The van der Waals surface area contributed by atoms with Crippen molar-refractivity contribution in [3.05, 3.63) is 32.6 Å². The van der Waals surface area contributed by atoms with E-state index in [0.29, 0.717) is 4.57 Å². The zero-order valence-corrected chi connectivity index (χ0v) is 17.6. The monoisotopic (exact) mass is 514 g/mol. The molecule has 1 aliphatic heterocycles. The standard InChI is InChI=1S/C10H17N2O16P3/c13-2-4-1-12(10(17)11-8(4)16)9-7(15)6(14)5(26-9)3-25-30(21,22)28-31(23,24)27-29(18,19)20/h1,5-7,9,13-15H,2-3H2,(H,21,22)(H,23,24)(H,11,16,17)(H2,18,19,20)/t5-,6?,7?,9-/m1/s1. The van der Waals surface area contributed by atoms with Crippen LogP contribution in [0, 0.1) is 0 Å². The number of phosphoric acid groups is 3. The van der Waals surface area contributed by atoms with Crippen molar-refractivity contribution < 1.29 is 66.5 Å². The molecule has 1 aromatic heterocycles. The number of hydrogen-bond donors (Lipinski definition) is 8. The number of aromatic amines is 1. The highest BCUT2D eigenvalue weighted by Gasteiger charge is 2.46. The summed E-state index contributed by atoms with van der Waals surface area (Å²) in [4.78, 5) is 60.6. The van der Waals surface area contributed by atoms with E-state index >= 15 is 0 Å². The van der Waals surface area contributed by atoms with Crippen LogP contribution in [-0.2, 0) is 38.2 Å². The number of nitrogens with zero attached hydrogens (tertiary/aromatic N) is 1. The van der Waals surface area contributed by atoms with Gasteiger partial charge in [-0.15, -0.1) is 0 Å². The zero-order valence-electron chi connectivity index (χ0n) is 14.9. The molecular weight excluding hydrogens is 497 g/mol. The summed E-state index contributed by atoms with van der Waals surface area (Å²) in [6.45, 7) is -1.88. The Hall–Kier alpha value is -1.07. The molecule has 178 valence electrons. The molecule has 1 fully saturated rings. The van der Waals surface area contributed by atoms with Crippen LogP contribution in [0.25, 0.3) is 0 Å². The van der Waals surface area contributed by atoms with E-state index in [9.17, 15) is 38.4 Å². The molecule has 0 radical (unpaired) electrons. The molecule has 1 aliphatic rings. The first-order valence-corrected chi connectivity index (χ1v) is 12.3. The first-order valence-electron chi connectivity index (χ1n) is 7.80. The van der Waals surface area contributed by atoms with Crippen LogP contribution in [0.4, 0.5) is 0 Å². The van der Waals surface area contributed by atoms with Crippen molar-refractivity contribution in [3.63, 3.8) is 0 Å². The molecule has 2 rings (SSSR count). The lowest BCUT2D eigenvalue weighted by molar-refractivity contribution is -0.0544. The molecule has 1 aromatic rings. The Balaban J connectivity index is 2.12.